The molecule has 0 aliphatic heterocycles. The van der Waals surface area contributed by atoms with Crippen LogP contribution in [0.3, 0.4) is 0 Å². The van der Waals surface area contributed by atoms with Crippen LogP contribution in [0.4, 0.5) is 5.69 Å². The minimum absolute atomic E-state index is 0.120. The Balaban J connectivity index is 1.95. The van der Waals surface area contributed by atoms with E-state index in [1.54, 1.807) is 0 Å². The molecule has 5 nitrogen and oxygen atoms in total. The van der Waals surface area contributed by atoms with Crippen molar-refractivity contribution >= 4 is 11.6 Å². The normalized spacial score (nSPS) is 12.0. The third-order valence-corrected chi connectivity index (χ3v) is 3.46. The molecule has 2 aromatic rings. The second-order valence-corrected chi connectivity index (χ2v) is 5.51. The summed E-state index contributed by atoms with van der Waals surface area (Å²) in [4.78, 5) is 25.6. The van der Waals surface area contributed by atoms with Crippen LogP contribution < -0.4 is 16.2 Å². The first-order chi connectivity index (χ1) is 10.6. The van der Waals surface area contributed by atoms with Gasteiger partial charge in [0.2, 0.25) is 5.56 Å². The first-order valence-corrected chi connectivity index (χ1v) is 7.35. The molecule has 0 bridgehead atoms. The Kier molecular flexibility index (Phi) is 5.36. The molecule has 22 heavy (non-hydrogen) atoms. The molecule has 0 aliphatic rings. The zero-order valence-corrected chi connectivity index (χ0v) is 12.8. The van der Waals surface area contributed by atoms with Gasteiger partial charge in [-0.2, -0.15) is 0 Å². The van der Waals surface area contributed by atoms with Gasteiger partial charge in [0.05, 0.1) is 5.56 Å². The minimum Gasteiger partial charge on any atom is -0.380 e. The lowest BCUT2D eigenvalue weighted by molar-refractivity contribution is 0.0950. The maximum Gasteiger partial charge on any atom is 0.252 e. The van der Waals surface area contributed by atoms with Crippen molar-refractivity contribution in [3.05, 3.63) is 64.6 Å². The Labute approximate surface area is 129 Å². The molecule has 1 atom stereocenters. The van der Waals surface area contributed by atoms with Gasteiger partial charge in [0, 0.05) is 30.5 Å². The smallest absolute Gasteiger partial charge is 0.252 e. The maximum atomic E-state index is 12.1. The second kappa shape index (κ2) is 7.45. The topological polar surface area (TPSA) is 74.0 Å². The summed E-state index contributed by atoms with van der Waals surface area (Å²) < 4.78 is 0. The van der Waals surface area contributed by atoms with E-state index in [9.17, 15) is 9.59 Å². The molecule has 0 radical (unpaired) electrons. The van der Waals surface area contributed by atoms with Crippen molar-refractivity contribution in [3.63, 3.8) is 0 Å². The van der Waals surface area contributed by atoms with Crippen molar-refractivity contribution < 1.29 is 4.79 Å². The summed E-state index contributed by atoms with van der Waals surface area (Å²) in [6.45, 7) is 4.71. The summed E-state index contributed by atoms with van der Waals surface area (Å²) >= 11 is 0. The number of rotatable bonds is 6. The zero-order valence-electron chi connectivity index (χ0n) is 12.8. The molecule has 5 heteroatoms. The van der Waals surface area contributed by atoms with Crippen molar-refractivity contribution in [2.45, 2.75) is 19.9 Å². The molecule has 0 saturated heterocycles. The van der Waals surface area contributed by atoms with E-state index in [-0.39, 0.29) is 17.5 Å². The molecule has 1 heterocycles. The molecule has 3 N–H and O–H groups in total. The van der Waals surface area contributed by atoms with Gasteiger partial charge in [-0.25, -0.2) is 0 Å². The Morgan fingerprint density at radius 3 is 2.45 bits per heavy atom. The predicted octanol–water partition coefficient (Wildman–Crippen LogP) is 2.24. The van der Waals surface area contributed by atoms with Crippen LogP contribution in [0.2, 0.25) is 0 Å². The number of amides is 1. The number of aromatic amines is 1. The lowest BCUT2D eigenvalue weighted by Crippen LogP contribution is -2.39. The van der Waals surface area contributed by atoms with E-state index in [0.717, 1.165) is 5.69 Å². The largest absolute Gasteiger partial charge is 0.380 e. The standard InChI is InChI=1S/C17H21N3O2/c1-12(2)15(20-14-6-4-3-5-7-14)11-19-17(22)13-8-9-16(21)18-10-13/h3-10,12,15,20H,11H2,1-2H3,(H,18,21)(H,19,22)/t15-/m1/s1. The van der Waals surface area contributed by atoms with Crippen molar-refractivity contribution in [2.24, 2.45) is 5.92 Å². The van der Waals surface area contributed by atoms with E-state index in [2.05, 4.69) is 29.5 Å². The number of H-pyrrole nitrogens is 1. The van der Waals surface area contributed by atoms with E-state index in [1.165, 1.54) is 18.3 Å². The number of carbonyl (C=O) groups is 1. The number of nitrogens with one attached hydrogen (secondary N) is 3. The number of anilines is 1. The molecular weight excluding hydrogens is 278 g/mol. The van der Waals surface area contributed by atoms with Crippen LogP contribution in [-0.4, -0.2) is 23.5 Å². The highest BCUT2D eigenvalue weighted by atomic mass is 16.1. The second-order valence-electron chi connectivity index (χ2n) is 5.51. The molecule has 2 rings (SSSR count). The summed E-state index contributed by atoms with van der Waals surface area (Å²) in [6.07, 6.45) is 1.42. The van der Waals surface area contributed by atoms with E-state index < -0.39 is 0 Å². The maximum absolute atomic E-state index is 12.1. The zero-order chi connectivity index (χ0) is 15.9. The third kappa shape index (κ3) is 4.48. The average molecular weight is 299 g/mol. The summed E-state index contributed by atoms with van der Waals surface area (Å²) in [6, 6.07) is 12.9. The van der Waals surface area contributed by atoms with Gasteiger partial charge in [-0.1, -0.05) is 32.0 Å². The summed E-state index contributed by atoms with van der Waals surface area (Å²) in [5, 5.41) is 6.32. The lowest BCUT2D eigenvalue weighted by atomic mass is 10.0. The number of aromatic nitrogens is 1. The Morgan fingerprint density at radius 2 is 1.86 bits per heavy atom. The van der Waals surface area contributed by atoms with Gasteiger partial charge >= 0.3 is 0 Å². The molecule has 0 aliphatic carbocycles. The fourth-order valence-electron chi connectivity index (χ4n) is 2.06. The number of hydrogen-bond donors (Lipinski definition) is 3. The van der Waals surface area contributed by atoms with Gasteiger partial charge in [-0.05, 0) is 24.1 Å². The molecule has 1 aromatic carbocycles. The monoisotopic (exact) mass is 299 g/mol. The highest BCUT2D eigenvalue weighted by Crippen LogP contribution is 2.11. The number of carbonyl (C=O) groups excluding carboxylic acids is 1. The summed E-state index contributed by atoms with van der Waals surface area (Å²) in [5.74, 6) is 0.160. The number of pyridine rings is 1. The van der Waals surface area contributed by atoms with Crippen molar-refractivity contribution in [3.8, 4) is 0 Å². The molecule has 0 fully saturated rings. The van der Waals surface area contributed by atoms with Crippen LogP contribution in [0.25, 0.3) is 0 Å². The molecular formula is C17H21N3O2. The Morgan fingerprint density at radius 1 is 1.14 bits per heavy atom. The van der Waals surface area contributed by atoms with Crippen molar-refractivity contribution in [1.29, 1.82) is 0 Å². The molecule has 0 saturated carbocycles. The van der Waals surface area contributed by atoms with Crippen LogP contribution in [0.1, 0.15) is 24.2 Å². The Hall–Kier alpha value is -2.56. The number of para-hydroxylation sites is 1. The van der Waals surface area contributed by atoms with Gasteiger partial charge in [0.25, 0.3) is 5.91 Å². The van der Waals surface area contributed by atoms with Gasteiger partial charge in [-0.3, -0.25) is 9.59 Å². The molecule has 1 amide bonds. The predicted molar refractivity (Wildman–Crippen MR) is 88.1 cm³/mol. The van der Waals surface area contributed by atoms with Crippen LogP contribution in [0, 0.1) is 5.92 Å². The molecule has 1 aromatic heterocycles. The third-order valence-electron chi connectivity index (χ3n) is 3.46. The van der Waals surface area contributed by atoms with Crippen LogP contribution in [0.5, 0.6) is 0 Å². The first-order valence-electron chi connectivity index (χ1n) is 7.35. The van der Waals surface area contributed by atoms with Gasteiger partial charge in [-0.15, -0.1) is 0 Å². The summed E-state index contributed by atoms with van der Waals surface area (Å²) in [5.41, 5.74) is 1.25. The van der Waals surface area contributed by atoms with Gasteiger partial charge < -0.3 is 15.6 Å². The fraction of sp³-hybridized carbons (Fsp3) is 0.294. The molecule has 0 spiro atoms. The lowest BCUT2D eigenvalue weighted by Gasteiger charge is -2.24. The van der Waals surface area contributed by atoms with Gasteiger partial charge in [0.1, 0.15) is 0 Å². The minimum atomic E-state index is -0.220. The van der Waals surface area contributed by atoms with E-state index in [0.29, 0.717) is 18.0 Å². The SMILES string of the molecule is CC(C)[C@@H](CNC(=O)c1ccc(=O)[nH]c1)Nc1ccccc1. The van der Waals surface area contributed by atoms with E-state index >= 15 is 0 Å². The first kappa shape index (κ1) is 15.8. The summed E-state index contributed by atoms with van der Waals surface area (Å²) in [7, 11) is 0. The van der Waals surface area contributed by atoms with Crippen LogP contribution in [0.15, 0.2) is 53.5 Å². The number of benzene rings is 1. The Bertz CT molecular complexity index is 645. The van der Waals surface area contributed by atoms with Crippen LogP contribution >= 0.6 is 0 Å². The quantitative estimate of drug-likeness (QED) is 0.766. The van der Waals surface area contributed by atoms with Crippen molar-refractivity contribution in [1.82, 2.24) is 10.3 Å². The van der Waals surface area contributed by atoms with E-state index in [4.69, 9.17) is 0 Å². The molecule has 116 valence electrons. The van der Waals surface area contributed by atoms with E-state index in [1.807, 2.05) is 30.3 Å². The number of hydrogen-bond acceptors (Lipinski definition) is 3. The fourth-order valence-corrected chi connectivity index (χ4v) is 2.06. The van der Waals surface area contributed by atoms with Crippen LogP contribution in [-0.2, 0) is 0 Å². The molecule has 0 unspecified atom stereocenters. The van der Waals surface area contributed by atoms with Gasteiger partial charge in [0.15, 0.2) is 0 Å². The average Bonchev–Trinajstić information content (AvgIpc) is 2.52. The highest BCUT2D eigenvalue weighted by Gasteiger charge is 2.15. The van der Waals surface area contributed by atoms with Crippen molar-refractivity contribution in [2.75, 3.05) is 11.9 Å². The highest BCUT2D eigenvalue weighted by molar-refractivity contribution is 5.93.